The Labute approximate surface area is 146 Å². The Morgan fingerprint density at radius 2 is 2.33 bits per heavy atom. The number of rotatable bonds is 4. The molecule has 0 spiro atoms. The molecule has 0 aliphatic carbocycles. The van der Waals surface area contributed by atoms with Crippen LogP contribution < -0.4 is 10.1 Å². The number of hydrogen-bond donors (Lipinski definition) is 1. The number of aryl methyl sites for hydroxylation is 1. The largest absolute Gasteiger partial charge is 0.496 e. The highest BCUT2D eigenvalue weighted by Crippen LogP contribution is 2.26. The van der Waals surface area contributed by atoms with Crippen LogP contribution >= 0.6 is 11.3 Å². The van der Waals surface area contributed by atoms with Gasteiger partial charge in [-0.05, 0) is 35.6 Å². The van der Waals surface area contributed by atoms with Gasteiger partial charge in [-0.15, -0.1) is 11.3 Å². The third-order valence-corrected chi connectivity index (χ3v) is 5.08. The molecule has 1 aromatic carbocycles. The van der Waals surface area contributed by atoms with Crippen molar-refractivity contribution in [2.75, 3.05) is 26.8 Å². The van der Waals surface area contributed by atoms with Crippen molar-refractivity contribution in [2.24, 2.45) is 0 Å². The van der Waals surface area contributed by atoms with Crippen LogP contribution in [-0.2, 0) is 11.3 Å². The number of nitrogens with zero attached hydrogens (tertiary/aromatic N) is 1. The van der Waals surface area contributed by atoms with Gasteiger partial charge in [0.1, 0.15) is 11.9 Å². The molecule has 1 atom stereocenters. The summed E-state index contributed by atoms with van der Waals surface area (Å²) in [5, 5.41) is 5.02. The van der Waals surface area contributed by atoms with Crippen molar-refractivity contribution in [1.29, 1.82) is 0 Å². The van der Waals surface area contributed by atoms with E-state index < -0.39 is 0 Å². The fourth-order valence-corrected chi connectivity index (χ4v) is 3.59. The molecule has 1 aliphatic rings. The van der Waals surface area contributed by atoms with Crippen molar-refractivity contribution >= 4 is 17.4 Å². The third-order valence-electron chi connectivity index (χ3n) is 4.12. The Bertz CT molecular complexity index is 688. The molecule has 24 heavy (non-hydrogen) atoms. The van der Waals surface area contributed by atoms with Gasteiger partial charge in [-0.25, -0.2) is 4.79 Å². The van der Waals surface area contributed by atoms with Crippen LogP contribution in [0.25, 0.3) is 0 Å². The van der Waals surface area contributed by atoms with E-state index in [1.807, 2.05) is 41.5 Å². The number of nitrogens with one attached hydrogen (secondary N) is 1. The molecule has 0 bridgehead atoms. The van der Waals surface area contributed by atoms with Gasteiger partial charge in [-0.1, -0.05) is 18.2 Å². The van der Waals surface area contributed by atoms with Crippen molar-refractivity contribution in [3.05, 3.63) is 51.7 Å². The van der Waals surface area contributed by atoms with E-state index in [0.717, 1.165) is 16.9 Å². The molecule has 0 saturated carbocycles. The second-order valence-corrected chi connectivity index (χ2v) is 6.76. The molecular weight excluding hydrogens is 324 g/mol. The first kappa shape index (κ1) is 16.8. The van der Waals surface area contributed by atoms with E-state index in [0.29, 0.717) is 26.2 Å². The lowest BCUT2D eigenvalue weighted by Gasteiger charge is -2.32. The van der Waals surface area contributed by atoms with E-state index in [9.17, 15) is 4.79 Å². The van der Waals surface area contributed by atoms with Crippen molar-refractivity contribution in [1.82, 2.24) is 10.2 Å². The van der Waals surface area contributed by atoms with Gasteiger partial charge in [0, 0.05) is 18.0 Å². The molecule has 5 nitrogen and oxygen atoms in total. The molecule has 2 aromatic rings. The number of amides is 2. The maximum Gasteiger partial charge on any atom is 0.317 e. The lowest BCUT2D eigenvalue weighted by molar-refractivity contribution is -0.0136. The minimum absolute atomic E-state index is 0.0206. The number of carbonyl (C=O) groups excluding carboxylic acids is 1. The van der Waals surface area contributed by atoms with Crippen LogP contribution in [0.5, 0.6) is 5.75 Å². The molecule has 1 aromatic heterocycles. The Balaban J connectivity index is 1.55. The Morgan fingerprint density at radius 3 is 3.04 bits per heavy atom. The molecule has 128 valence electrons. The summed E-state index contributed by atoms with van der Waals surface area (Å²) in [7, 11) is 1.66. The van der Waals surface area contributed by atoms with Gasteiger partial charge in [-0.3, -0.25) is 0 Å². The SMILES string of the molecule is COc1ccc(CNC(=O)N2CCOC(c3cccs3)C2)cc1C. The summed E-state index contributed by atoms with van der Waals surface area (Å²) in [6.07, 6.45) is -0.0206. The maximum absolute atomic E-state index is 12.4. The second kappa shape index (κ2) is 7.68. The highest BCUT2D eigenvalue weighted by atomic mass is 32.1. The van der Waals surface area contributed by atoms with Crippen molar-refractivity contribution < 1.29 is 14.3 Å². The molecule has 6 heteroatoms. The summed E-state index contributed by atoms with van der Waals surface area (Å²) < 4.78 is 11.0. The van der Waals surface area contributed by atoms with Crippen LogP contribution in [0.4, 0.5) is 4.79 Å². The maximum atomic E-state index is 12.4. The normalized spacial score (nSPS) is 17.6. The van der Waals surface area contributed by atoms with Gasteiger partial charge in [0.15, 0.2) is 0 Å². The molecule has 0 radical (unpaired) electrons. The predicted molar refractivity (Wildman–Crippen MR) is 94.6 cm³/mol. The van der Waals surface area contributed by atoms with E-state index in [2.05, 4.69) is 11.4 Å². The highest BCUT2D eigenvalue weighted by Gasteiger charge is 2.25. The minimum Gasteiger partial charge on any atom is -0.496 e. The fourth-order valence-electron chi connectivity index (χ4n) is 2.82. The Kier molecular flexibility index (Phi) is 5.37. The fraction of sp³-hybridized carbons (Fsp3) is 0.389. The number of morpholine rings is 1. The molecule has 1 fully saturated rings. The molecule has 2 heterocycles. The van der Waals surface area contributed by atoms with Crippen LogP contribution in [0.15, 0.2) is 35.7 Å². The highest BCUT2D eigenvalue weighted by molar-refractivity contribution is 7.10. The van der Waals surface area contributed by atoms with Crippen LogP contribution in [0.3, 0.4) is 0 Å². The smallest absolute Gasteiger partial charge is 0.317 e. The van der Waals surface area contributed by atoms with Crippen LogP contribution in [0.2, 0.25) is 0 Å². The van der Waals surface area contributed by atoms with Gasteiger partial charge in [0.2, 0.25) is 0 Å². The molecule has 3 rings (SSSR count). The zero-order valence-electron chi connectivity index (χ0n) is 14.0. The van der Waals surface area contributed by atoms with Gasteiger partial charge in [0.25, 0.3) is 0 Å². The number of urea groups is 1. The van der Waals surface area contributed by atoms with E-state index in [1.165, 1.54) is 4.88 Å². The first-order valence-corrected chi connectivity index (χ1v) is 8.86. The molecule has 1 aliphatic heterocycles. The molecule has 1 unspecified atom stereocenters. The van der Waals surface area contributed by atoms with E-state index in [1.54, 1.807) is 18.4 Å². The summed E-state index contributed by atoms with van der Waals surface area (Å²) in [4.78, 5) is 15.4. The van der Waals surface area contributed by atoms with Gasteiger partial charge in [0.05, 0.1) is 20.3 Å². The number of methoxy groups -OCH3 is 1. The minimum atomic E-state index is -0.0478. The predicted octanol–water partition coefficient (Wildman–Crippen LogP) is 3.35. The second-order valence-electron chi connectivity index (χ2n) is 5.78. The zero-order valence-corrected chi connectivity index (χ0v) is 14.8. The summed E-state index contributed by atoms with van der Waals surface area (Å²) in [5.74, 6) is 0.858. The van der Waals surface area contributed by atoms with Crippen molar-refractivity contribution in [3.8, 4) is 5.75 Å². The van der Waals surface area contributed by atoms with E-state index >= 15 is 0 Å². The Morgan fingerprint density at radius 1 is 1.46 bits per heavy atom. The average molecular weight is 346 g/mol. The van der Waals surface area contributed by atoms with E-state index in [4.69, 9.17) is 9.47 Å². The third kappa shape index (κ3) is 3.88. The zero-order chi connectivity index (χ0) is 16.9. The van der Waals surface area contributed by atoms with Gasteiger partial charge >= 0.3 is 6.03 Å². The van der Waals surface area contributed by atoms with Crippen LogP contribution in [0, 0.1) is 6.92 Å². The molecule has 1 N–H and O–H groups in total. The Hall–Kier alpha value is -2.05. The summed E-state index contributed by atoms with van der Waals surface area (Å²) in [6.45, 7) is 4.28. The number of thiophene rings is 1. The monoisotopic (exact) mass is 346 g/mol. The number of ether oxygens (including phenoxy) is 2. The van der Waals surface area contributed by atoms with Crippen molar-refractivity contribution in [2.45, 2.75) is 19.6 Å². The van der Waals surface area contributed by atoms with Crippen LogP contribution in [-0.4, -0.2) is 37.7 Å². The number of hydrogen-bond acceptors (Lipinski definition) is 4. The number of benzene rings is 1. The van der Waals surface area contributed by atoms with E-state index in [-0.39, 0.29) is 12.1 Å². The van der Waals surface area contributed by atoms with Gasteiger partial charge < -0.3 is 19.7 Å². The molecule has 1 saturated heterocycles. The lowest BCUT2D eigenvalue weighted by atomic mass is 10.1. The standard InChI is InChI=1S/C18H22N2O3S/c1-13-10-14(5-6-15(13)22-2)11-19-18(21)20-7-8-23-16(12-20)17-4-3-9-24-17/h3-6,9-10,16H,7-8,11-12H2,1-2H3,(H,19,21). The van der Waals surface area contributed by atoms with Crippen LogP contribution in [0.1, 0.15) is 22.1 Å². The number of carbonyl (C=O) groups is 1. The topological polar surface area (TPSA) is 50.8 Å². The molecule has 2 amide bonds. The van der Waals surface area contributed by atoms with Crippen molar-refractivity contribution in [3.63, 3.8) is 0 Å². The first-order chi connectivity index (χ1) is 11.7. The average Bonchev–Trinajstić information content (AvgIpc) is 3.14. The summed E-state index contributed by atoms with van der Waals surface area (Å²) >= 11 is 1.66. The summed E-state index contributed by atoms with van der Waals surface area (Å²) in [5.41, 5.74) is 2.12. The summed E-state index contributed by atoms with van der Waals surface area (Å²) in [6, 6.07) is 9.95. The first-order valence-electron chi connectivity index (χ1n) is 7.98. The molecular formula is C18H22N2O3S. The lowest BCUT2D eigenvalue weighted by Crippen LogP contribution is -2.46. The van der Waals surface area contributed by atoms with Gasteiger partial charge in [-0.2, -0.15) is 0 Å². The quantitative estimate of drug-likeness (QED) is 0.924.